The SMILES string of the molecule is COC1CCCC1Nc1snc(N)c1C(=O)NC(C)C. The van der Waals surface area contributed by atoms with Gasteiger partial charge in [0.05, 0.1) is 12.1 Å². The Morgan fingerprint density at radius 1 is 1.50 bits per heavy atom. The van der Waals surface area contributed by atoms with E-state index in [2.05, 4.69) is 15.0 Å². The van der Waals surface area contributed by atoms with Crippen molar-refractivity contribution in [1.29, 1.82) is 0 Å². The molecule has 1 amide bonds. The molecule has 2 atom stereocenters. The summed E-state index contributed by atoms with van der Waals surface area (Å²) in [6.07, 6.45) is 3.37. The zero-order chi connectivity index (χ0) is 14.7. The largest absolute Gasteiger partial charge is 0.382 e. The van der Waals surface area contributed by atoms with Crippen LogP contribution >= 0.6 is 11.5 Å². The van der Waals surface area contributed by atoms with E-state index >= 15 is 0 Å². The Hall–Kier alpha value is -1.34. The van der Waals surface area contributed by atoms with Crippen LogP contribution in [0.2, 0.25) is 0 Å². The Bertz CT molecular complexity index is 475. The van der Waals surface area contributed by atoms with Crippen LogP contribution in [0.3, 0.4) is 0 Å². The molecule has 1 fully saturated rings. The number of aromatic nitrogens is 1. The fourth-order valence-electron chi connectivity index (χ4n) is 2.50. The molecule has 6 nitrogen and oxygen atoms in total. The van der Waals surface area contributed by atoms with Crippen LogP contribution in [0.15, 0.2) is 0 Å². The summed E-state index contributed by atoms with van der Waals surface area (Å²) >= 11 is 1.23. The highest BCUT2D eigenvalue weighted by Gasteiger charge is 2.29. The number of carbonyl (C=O) groups is 1. The lowest BCUT2D eigenvalue weighted by atomic mass is 10.2. The van der Waals surface area contributed by atoms with Gasteiger partial charge in [0.2, 0.25) is 0 Å². The first-order chi connectivity index (χ1) is 9.52. The molecule has 1 aliphatic carbocycles. The van der Waals surface area contributed by atoms with E-state index in [1.54, 1.807) is 7.11 Å². The van der Waals surface area contributed by atoms with Gasteiger partial charge in [0.25, 0.3) is 5.91 Å². The Morgan fingerprint density at radius 3 is 2.90 bits per heavy atom. The minimum atomic E-state index is -0.180. The third-order valence-corrected chi connectivity index (χ3v) is 4.23. The van der Waals surface area contributed by atoms with Crippen LogP contribution in [0, 0.1) is 0 Å². The maximum Gasteiger partial charge on any atom is 0.258 e. The van der Waals surface area contributed by atoms with Gasteiger partial charge in [0.15, 0.2) is 5.82 Å². The number of hydrogen-bond donors (Lipinski definition) is 3. The van der Waals surface area contributed by atoms with Crippen molar-refractivity contribution >= 4 is 28.3 Å². The molecule has 1 aliphatic rings. The topological polar surface area (TPSA) is 89.3 Å². The van der Waals surface area contributed by atoms with Gasteiger partial charge in [0.1, 0.15) is 10.6 Å². The summed E-state index contributed by atoms with van der Waals surface area (Å²) in [6.45, 7) is 3.83. The van der Waals surface area contributed by atoms with Gasteiger partial charge in [0, 0.05) is 13.2 Å². The second kappa shape index (κ2) is 6.41. The quantitative estimate of drug-likeness (QED) is 0.772. The monoisotopic (exact) mass is 298 g/mol. The van der Waals surface area contributed by atoms with Gasteiger partial charge in [-0.2, -0.15) is 4.37 Å². The molecular weight excluding hydrogens is 276 g/mol. The highest BCUT2D eigenvalue weighted by molar-refractivity contribution is 7.11. The van der Waals surface area contributed by atoms with Gasteiger partial charge in [-0.15, -0.1) is 0 Å². The Balaban J connectivity index is 2.14. The van der Waals surface area contributed by atoms with Crippen LogP contribution in [0.5, 0.6) is 0 Å². The number of anilines is 2. The molecule has 0 saturated heterocycles. The number of amides is 1. The molecule has 0 spiro atoms. The van der Waals surface area contributed by atoms with E-state index in [-0.39, 0.29) is 29.9 Å². The van der Waals surface area contributed by atoms with Gasteiger partial charge in [-0.25, -0.2) is 0 Å². The number of nitrogens with zero attached hydrogens (tertiary/aromatic N) is 1. The molecule has 112 valence electrons. The fraction of sp³-hybridized carbons (Fsp3) is 0.692. The molecule has 1 aromatic heterocycles. The smallest absolute Gasteiger partial charge is 0.258 e. The lowest BCUT2D eigenvalue weighted by Crippen LogP contribution is -2.33. The number of hydrogen-bond acceptors (Lipinski definition) is 6. The lowest BCUT2D eigenvalue weighted by molar-refractivity contribution is 0.0942. The highest BCUT2D eigenvalue weighted by Crippen LogP contribution is 2.31. The Labute approximate surface area is 123 Å². The first kappa shape index (κ1) is 15.1. The van der Waals surface area contributed by atoms with Crippen molar-refractivity contribution in [3.63, 3.8) is 0 Å². The van der Waals surface area contributed by atoms with Crippen LogP contribution in [0.1, 0.15) is 43.5 Å². The van der Waals surface area contributed by atoms with E-state index < -0.39 is 0 Å². The lowest BCUT2D eigenvalue weighted by Gasteiger charge is -2.20. The summed E-state index contributed by atoms with van der Waals surface area (Å²) < 4.78 is 9.55. The summed E-state index contributed by atoms with van der Waals surface area (Å²) in [5.41, 5.74) is 6.28. The third-order valence-electron chi connectivity index (χ3n) is 3.44. The van der Waals surface area contributed by atoms with Crippen LogP contribution in [0.4, 0.5) is 10.8 Å². The van der Waals surface area contributed by atoms with Crippen LogP contribution in [0.25, 0.3) is 0 Å². The molecule has 0 bridgehead atoms. The molecule has 1 heterocycles. The van der Waals surface area contributed by atoms with Crippen molar-refractivity contribution in [2.75, 3.05) is 18.2 Å². The number of nitrogens with one attached hydrogen (secondary N) is 2. The number of methoxy groups -OCH3 is 1. The van der Waals surface area contributed by atoms with Crippen molar-refractivity contribution in [3.8, 4) is 0 Å². The molecule has 2 rings (SSSR count). The minimum absolute atomic E-state index is 0.0628. The summed E-state index contributed by atoms with van der Waals surface area (Å²) in [7, 11) is 1.72. The number of nitrogens with two attached hydrogens (primary N) is 1. The van der Waals surface area contributed by atoms with E-state index in [4.69, 9.17) is 10.5 Å². The summed E-state index contributed by atoms with van der Waals surface area (Å²) in [5.74, 6) is 0.100. The minimum Gasteiger partial charge on any atom is -0.382 e. The van der Waals surface area contributed by atoms with Crippen LogP contribution in [-0.4, -0.2) is 35.6 Å². The van der Waals surface area contributed by atoms with E-state index in [9.17, 15) is 4.79 Å². The fourth-order valence-corrected chi connectivity index (χ4v) is 3.27. The number of nitrogen functional groups attached to an aromatic ring is 1. The van der Waals surface area contributed by atoms with Gasteiger partial charge < -0.3 is 21.1 Å². The van der Waals surface area contributed by atoms with Crippen molar-refractivity contribution in [3.05, 3.63) is 5.56 Å². The molecule has 7 heteroatoms. The summed E-state index contributed by atoms with van der Waals surface area (Å²) in [6, 6.07) is 0.276. The third kappa shape index (κ3) is 3.21. The predicted molar refractivity (Wildman–Crippen MR) is 81.2 cm³/mol. The van der Waals surface area contributed by atoms with Crippen molar-refractivity contribution in [1.82, 2.24) is 9.69 Å². The molecule has 0 radical (unpaired) electrons. The van der Waals surface area contributed by atoms with E-state index in [1.165, 1.54) is 11.5 Å². The van der Waals surface area contributed by atoms with Gasteiger partial charge in [-0.05, 0) is 44.6 Å². The summed E-state index contributed by atoms with van der Waals surface area (Å²) in [4.78, 5) is 12.2. The van der Waals surface area contributed by atoms with Gasteiger partial charge >= 0.3 is 0 Å². The average molecular weight is 298 g/mol. The zero-order valence-corrected chi connectivity index (χ0v) is 12.9. The molecule has 20 heavy (non-hydrogen) atoms. The standard InChI is InChI=1S/C13H22N4O2S/c1-7(2)15-12(18)10-11(14)17-20-13(10)16-8-5-4-6-9(8)19-3/h7-9,16H,4-6H2,1-3H3,(H2,14,17)(H,15,18). The van der Waals surface area contributed by atoms with Gasteiger partial charge in [-0.3, -0.25) is 4.79 Å². The normalized spacial score (nSPS) is 22.2. The molecule has 4 N–H and O–H groups in total. The molecule has 1 aromatic rings. The van der Waals surface area contributed by atoms with Gasteiger partial charge in [-0.1, -0.05) is 0 Å². The Morgan fingerprint density at radius 2 is 2.25 bits per heavy atom. The Kier molecular flexibility index (Phi) is 4.82. The number of carbonyl (C=O) groups excluding carboxylic acids is 1. The zero-order valence-electron chi connectivity index (χ0n) is 12.1. The molecular formula is C13H22N4O2S. The highest BCUT2D eigenvalue weighted by atomic mass is 32.1. The van der Waals surface area contributed by atoms with E-state index in [1.807, 2.05) is 13.8 Å². The molecule has 2 unspecified atom stereocenters. The molecule has 1 saturated carbocycles. The van der Waals surface area contributed by atoms with Crippen LogP contribution < -0.4 is 16.4 Å². The van der Waals surface area contributed by atoms with Crippen molar-refractivity contribution in [2.24, 2.45) is 0 Å². The number of ether oxygens (including phenoxy) is 1. The first-order valence-corrected chi connectivity index (χ1v) is 7.65. The van der Waals surface area contributed by atoms with E-state index in [0.29, 0.717) is 5.56 Å². The second-order valence-electron chi connectivity index (χ2n) is 5.36. The van der Waals surface area contributed by atoms with Crippen LogP contribution in [-0.2, 0) is 4.74 Å². The molecule has 0 aliphatic heterocycles. The first-order valence-electron chi connectivity index (χ1n) is 6.88. The molecule has 0 aromatic carbocycles. The van der Waals surface area contributed by atoms with Crippen molar-refractivity contribution in [2.45, 2.75) is 51.3 Å². The second-order valence-corrected chi connectivity index (χ2v) is 6.13. The maximum atomic E-state index is 12.2. The summed E-state index contributed by atoms with van der Waals surface area (Å²) in [5, 5.41) is 6.96. The average Bonchev–Trinajstić information content (AvgIpc) is 2.95. The predicted octanol–water partition coefficient (Wildman–Crippen LogP) is 1.84. The van der Waals surface area contributed by atoms with E-state index in [0.717, 1.165) is 24.3 Å². The maximum absolute atomic E-state index is 12.2. The van der Waals surface area contributed by atoms with Crippen molar-refractivity contribution < 1.29 is 9.53 Å². The number of rotatable bonds is 5.